The Hall–Kier alpha value is -3.78. The first-order valence-corrected chi connectivity index (χ1v) is 9.34. The van der Waals surface area contributed by atoms with E-state index in [0.717, 1.165) is 0 Å². The minimum absolute atomic E-state index is 0.0389. The lowest BCUT2D eigenvalue weighted by atomic mass is 9.98. The van der Waals surface area contributed by atoms with Crippen molar-refractivity contribution in [2.75, 3.05) is 20.3 Å². The van der Waals surface area contributed by atoms with Crippen molar-refractivity contribution in [2.45, 2.75) is 5.92 Å². The molecule has 0 saturated heterocycles. The molecule has 0 unspecified atom stereocenters. The zero-order valence-corrected chi connectivity index (χ0v) is 16.0. The van der Waals surface area contributed by atoms with E-state index >= 15 is 0 Å². The molecule has 5 heteroatoms. The maximum Gasteiger partial charge on any atom is 0.407 e. The first-order chi connectivity index (χ1) is 14.3. The van der Waals surface area contributed by atoms with Crippen LogP contribution < -0.4 is 10.1 Å². The summed E-state index contributed by atoms with van der Waals surface area (Å²) in [4.78, 5) is 16.3. The van der Waals surface area contributed by atoms with E-state index in [-0.39, 0.29) is 19.1 Å². The molecule has 1 aliphatic rings. The maximum atomic E-state index is 12.1. The number of amides is 1. The second-order valence-electron chi connectivity index (χ2n) is 6.54. The van der Waals surface area contributed by atoms with E-state index in [2.05, 4.69) is 46.4 Å². The van der Waals surface area contributed by atoms with Crippen LogP contribution in [0.5, 0.6) is 5.75 Å². The summed E-state index contributed by atoms with van der Waals surface area (Å²) in [6, 6.07) is 20.0. The van der Waals surface area contributed by atoms with Crippen LogP contribution in [-0.2, 0) is 4.74 Å². The Balaban J connectivity index is 1.36. The van der Waals surface area contributed by atoms with Gasteiger partial charge in [-0.15, -0.1) is 0 Å². The SMILES string of the molecule is COc1cccnc1C#CCNC(=O)OCC1c2ccccc2-c2ccccc21. The molecule has 0 spiro atoms. The van der Waals surface area contributed by atoms with E-state index in [1.807, 2.05) is 24.3 Å². The van der Waals surface area contributed by atoms with Crippen LogP contribution in [0.4, 0.5) is 4.79 Å². The van der Waals surface area contributed by atoms with Gasteiger partial charge in [-0.05, 0) is 40.3 Å². The lowest BCUT2D eigenvalue weighted by Gasteiger charge is -2.14. The molecule has 29 heavy (non-hydrogen) atoms. The molecule has 0 fully saturated rings. The number of carbonyl (C=O) groups excluding carboxylic acids is 1. The van der Waals surface area contributed by atoms with Crippen LogP contribution in [0.3, 0.4) is 0 Å². The Morgan fingerprint density at radius 3 is 2.41 bits per heavy atom. The lowest BCUT2D eigenvalue weighted by Crippen LogP contribution is -2.26. The minimum Gasteiger partial charge on any atom is -0.494 e. The Morgan fingerprint density at radius 1 is 1.03 bits per heavy atom. The second-order valence-corrected chi connectivity index (χ2v) is 6.54. The fraction of sp³-hybridized carbons (Fsp3) is 0.167. The Morgan fingerprint density at radius 2 is 1.72 bits per heavy atom. The number of hydrogen-bond donors (Lipinski definition) is 1. The molecule has 1 aromatic heterocycles. The predicted octanol–water partition coefficient (Wildman–Crippen LogP) is 3.98. The molecular weight excluding hydrogens is 364 g/mol. The van der Waals surface area contributed by atoms with Crippen molar-refractivity contribution < 1.29 is 14.3 Å². The Bertz CT molecular complexity index is 1050. The summed E-state index contributed by atoms with van der Waals surface area (Å²) in [6.45, 7) is 0.442. The summed E-state index contributed by atoms with van der Waals surface area (Å²) in [7, 11) is 1.57. The molecular formula is C24H20N2O3. The van der Waals surface area contributed by atoms with Gasteiger partial charge in [0.05, 0.1) is 13.7 Å². The lowest BCUT2D eigenvalue weighted by molar-refractivity contribution is 0.144. The fourth-order valence-electron chi connectivity index (χ4n) is 3.54. The van der Waals surface area contributed by atoms with Crippen molar-refractivity contribution in [2.24, 2.45) is 0 Å². The van der Waals surface area contributed by atoms with Gasteiger partial charge in [-0.3, -0.25) is 0 Å². The zero-order chi connectivity index (χ0) is 20.1. The van der Waals surface area contributed by atoms with E-state index in [9.17, 15) is 4.79 Å². The summed E-state index contributed by atoms with van der Waals surface area (Å²) in [5, 5.41) is 2.66. The topological polar surface area (TPSA) is 60.5 Å². The third kappa shape index (κ3) is 3.92. The summed E-state index contributed by atoms with van der Waals surface area (Å²) in [6.07, 6.45) is 1.15. The van der Waals surface area contributed by atoms with E-state index in [1.165, 1.54) is 22.3 Å². The Kier molecular flexibility index (Phi) is 5.44. The molecule has 5 nitrogen and oxygen atoms in total. The smallest absolute Gasteiger partial charge is 0.407 e. The number of nitrogens with zero attached hydrogens (tertiary/aromatic N) is 1. The number of aromatic nitrogens is 1. The number of benzene rings is 2. The highest BCUT2D eigenvalue weighted by Crippen LogP contribution is 2.44. The Labute approximate surface area is 169 Å². The maximum absolute atomic E-state index is 12.1. The van der Waals surface area contributed by atoms with E-state index in [1.54, 1.807) is 25.4 Å². The first kappa shape index (κ1) is 18.6. The number of rotatable bonds is 4. The van der Waals surface area contributed by atoms with Gasteiger partial charge in [-0.2, -0.15) is 0 Å². The predicted molar refractivity (Wildman–Crippen MR) is 111 cm³/mol. The molecule has 2 aromatic carbocycles. The molecule has 0 saturated carbocycles. The molecule has 3 aromatic rings. The summed E-state index contributed by atoms with van der Waals surface area (Å²) in [5.74, 6) is 6.39. The van der Waals surface area contributed by atoms with Crippen molar-refractivity contribution in [3.63, 3.8) is 0 Å². The van der Waals surface area contributed by atoms with E-state index in [4.69, 9.17) is 9.47 Å². The number of carbonyl (C=O) groups is 1. The number of ether oxygens (including phenoxy) is 2. The second kappa shape index (κ2) is 8.49. The molecule has 0 radical (unpaired) electrons. The number of methoxy groups -OCH3 is 1. The fourth-order valence-corrected chi connectivity index (χ4v) is 3.54. The average molecular weight is 384 g/mol. The molecule has 1 N–H and O–H groups in total. The van der Waals surface area contributed by atoms with Gasteiger partial charge >= 0.3 is 6.09 Å². The monoisotopic (exact) mass is 384 g/mol. The molecule has 4 rings (SSSR count). The number of pyridine rings is 1. The van der Waals surface area contributed by atoms with Gasteiger partial charge in [0.25, 0.3) is 0 Å². The number of fused-ring (bicyclic) bond motifs is 3. The van der Waals surface area contributed by atoms with Crippen molar-refractivity contribution >= 4 is 6.09 Å². The van der Waals surface area contributed by atoms with Crippen LogP contribution in [0, 0.1) is 11.8 Å². The third-order valence-electron chi connectivity index (χ3n) is 4.86. The van der Waals surface area contributed by atoms with Crippen LogP contribution >= 0.6 is 0 Å². The normalized spacial score (nSPS) is 11.6. The number of nitrogens with one attached hydrogen (secondary N) is 1. The largest absolute Gasteiger partial charge is 0.494 e. The van der Waals surface area contributed by atoms with Crippen molar-refractivity contribution in [1.82, 2.24) is 10.3 Å². The molecule has 1 aliphatic carbocycles. The molecule has 1 amide bonds. The highest BCUT2D eigenvalue weighted by atomic mass is 16.5. The standard InChI is InChI=1S/C24H20N2O3/c1-28-23-13-7-14-25-22(23)12-6-15-26-24(27)29-16-21-19-10-4-2-8-17(19)18-9-3-5-11-20(18)21/h2-5,7-11,13-14,21H,15-16H2,1H3,(H,26,27). The summed E-state index contributed by atoms with van der Waals surface area (Å²) in [5.41, 5.74) is 5.30. The minimum atomic E-state index is -0.492. The summed E-state index contributed by atoms with van der Waals surface area (Å²) >= 11 is 0. The highest BCUT2D eigenvalue weighted by molar-refractivity contribution is 5.79. The molecule has 0 aliphatic heterocycles. The van der Waals surface area contributed by atoms with Gasteiger partial charge in [0.2, 0.25) is 0 Å². The van der Waals surface area contributed by atoms with Crippen LogP contribution in [-0.4, -0.2) is 31.3 Å². The van der Waals surface area contributed by atoms with Crippen LogP contribution in [0.2, 0.25) is 0 Å². The quantitative estimate of drug-likeness (QED) is 0.691. The summed E-state index contributed by atoms with van der Waals surface area (Å²) < 4.78 is 10.7. The van der Waals surface area contributed by atoms with Crippen LogP contribution in [0.1, 0.15) is 22.7 Å². The van der Waals surface area contributed by atoms with Crippen LogP contribution in [0.25, 0.3) is 11.1 Å². The molecule has 144 valence electrons. The zero-order valence-electron chi connectivity index (χ0n) is 16.0. The molecule has 0 bridgehead atoms. The van der Waals surface area contributed by atoms with Gasteiger partial charge in [0, 0.05) is 12.1 Å². The van der Waals surface area contributed by atoms with Gasteiger partial charge < -0.3 is 14.8 Å². The average Bonchev–Trinajstić information content (AvgIpc) is 3.09. The highest BCUT2D eigenvalue weighted by Gasteiger charge is 2.28. The first-order valence-electron chi connectivity index (χ1n) is 9.34. The van der Waals surface area contributed by atoms with Gasteiger partial charge in [-0.1, -0.05) is 54.5 Å². The van der Waals surface area contributed by atoms with Crippen molar-refractivity contribution in [3.8, 4) is 28.7 Å². The molecule has 1 heterocycles. The van der Waals surface area contributed by atoms with Crippen molar-refractivity contribution in [1.29, 1.82) is 0 Å². The van der Waals surface area contributed by atoms with Crippen LogP contribution in [0.15, 0.2) is 66.9 Å². The number of alkyl carbamates (subject to hydrolysis) is 1. The van der Waals surface area contributed by atoms with Gasteiger partial charge in [0.15, 0.2) is 11.4 Å². The number of hydrogen-bond acceptors (Lipinski definition) is 4. The van der Waals surface area contributed by atoms with E-state index in [0.29, 0.717) is 11.4 Å². The van der Waals surface area contributed by atoms with E-state index < -0.39 is 6.09 Å². The van der Waals surface area contributed by atoms with Gasteiger partial charge in [-0.25, -0.2) is 9.78 Å². The van der Waals surface area contributed by atoms with Gasteiger partial charge in [0.1, 0.15) is 6.61 Å². The molecule has 0 atom stereocenters. The van der Waals surface area contributed by atoms with Crippen molar-refractivity contribution in [3.05, 3.63) is 83.7 Å². The third-order valence-corrected chi connectivity index (χ3v) is 4.86.